The van der Waals surface area contributed by atoms with Gasteiger partial charge < -0.3 is 0 Å². The Morgan fingerprint density at radius 2 is 0.860 bits per heavy atom. The Balaban J connectivity index is 2.73. The molecule has 2 aromatic carbocycles. The van der Waals surface area contributed by atoms with Crippen LogP contribution in [0.15, 0.2) is 41.3 Å². The zero-order valence-corrected chi connectivity index (χ0v) is 39.4. The van der Waals surface area contributed by atoms with Gasteiger partial charge in [-0.05, 0) is 0 Å². The number of hydrogen-bond donors (Lipinski definition) is 0. The molecule has 0 saturated carbocycles. The molecule has 0 spiro atoms. The molecule has 0 saturated heterocycles. The summed E-state index contributed by atoms with van der Waals surface area (Å²) in [5.41, 5.74) is 10.1. The Labute approximate surface area is 280 Å². The van der Waals surface area contributed by atoms with E-state index in [2.05, 4.69) is 165 Å². The topological polar surface area (TPSA) is 0 Å². The minimum absolute atomic E-state index is 0.379. The van der Waals surface area contributed by atoms with E-state index < -0.39 is 48.4 Å². The van der Waals surface area contributed by atoms with E-state index in [1.807, 2.05) is 0 Å². The van der Waals surface area contributed by atoms with Gasteiger partial charge in [0.15, 0.2) is 0 Å². The summed E-state index contributed by atoms with van der Waals surface area (Å²) in [5, 5.41) is 2.23. The third-order valence-corrected chi connectivity index (χ3v) is 39.6. The third kappa shape index (κ3) is 8.44. The van der Waals surface area contributed by atoms with Crippen LogP contribution in [0, 0.1) is 0 Å². The second kappa shape index (κ2) is 12.5. The first kappa shape index (κ1) is 37.4. The molecule has 1 aliphatic heterocycles. The summed E-state index contributed by atoms with van der Waals surface area (Å²) in [6.07, 6.45) is 2.43. The molecule has 0 aromatic heterocycles. The molecule has 0 amide bonds. The predicted octanol–water partition coefficient (Wildman–Crippen LogP) is 11.5. The summed E-state index contributed by atoms with van der Waals surface area (Å²) in [7, 11) is -9.19. The average Bonchev–Trinajstić information content (AvgIpc) is 2.73. The van der Waals surface area contributed by atoms with Gasteiger partial charge in [-0.3, -0.25) is 0 Å². The van der Waals surface area contributed by atoms with Crippen LogP contribution < -0.4 is 0 Å². The molecule has 0 atom stereocenters. The minimum atomic E-state index is -1.56. The van der Waals surface area contributed by atoms with Crippen LogP contribution in [0.3, 0.4) is 0 Å². The van der Waals surface area contributed by atoms with Gasteiger partial charge in [0.05, 0.1) is 0 Å². The van der Waals surface area contributed by atoms with Crippen molar-refractivity contribution >= 4 is 73.9 Å². The Bertz CT molecular complexity index is 1280. The van der Waals surface area contributed by atoms with Crippen molar-refractivity contribution in [1.29, 1.82) is 0 Å². The van der Waals surface area contributed by atoms with Crippen LogP contribution in [0.25, 0.3) is 6.08 Å². The van der Waals surface area contributed by atoms with Gasteiger partial charge in [0.25, 0.3) is 0 Å². The molecule has 43 heavy (non-hydrogen) atoms. The van der Waals surface area contributed by atoms with E-state index in [1.165, 1.54) is 5.56 Å². The Morgan fingerprint density at radius 3 is 1.23 bits per heavy atom. The molecule has 0 unspecified atom stereocenters. The molecule has 1 radical (unpaired) electrons. The van der Waals surface area contributed by atoms with E-state index >= 15 is 0 Å². The number of rotatable bonds is 10. The molecule has 1 heterocycles. The summed E-state index contributed by atoms with van der Waals surface area (Å²) in [5.74, 6) is 0. The van der Waals surface area contributed by atoms with E-state index in [1.54, 1.807) is 32.2 Å². The molecule has 1 aliphatic rings. The molecule has 0 aliphatic carbocycles. The van der Waals surface area contributed by atoms with Gasteiger partial charge >= 0.3 is 282 Å². The first-order chi connectivity index (χ1) is 19.2. The molecule has 2 aromatic rings. The van der Waals surface area contributed by atoms with Gasteiger partial charge in [-0.15, -0.1) is 0 Å². The maximum absolute atomic E-state index is 2.88. The van der Waals surface area contributed by atoms with Crippen LogP contribution in [0.2, 0.25) is 118 Å². The zero-order valence-electron chi connectivity index (χ0n) is 31.4. The summed E-state index contributed by atoms with van der Waals surface area (Å²) in [4.78, 5) is 2.59. The van der Waals surface area contributed by atoms with Crippen LogP contribution in [0.5, 0.6) is 0 Å². The van der Waals surface area contributed by atoms with Gasteiger partial charge in [-0.25, -0.2) is 0 Å². The second-order valence-electron chi connectivity index (χ2n) is 20.0. The van der Waals surface area contributed by atoms with Crippen molar-refractivity contribution in [3.63, 3.8) is 0 Å². The SMILES string of the molecule is C[Si](C)(C)C(c1cc(C([Si](C)(C)C)[Si](C)(C)C)c([C]2=[Ge][CH]=Cc3ccccc32)c(C([Si](C)(C)C)[Si](C)(C)C)c1)[Si](C)(C)C. The number of benzene rings is 2. The fraction of sp³-hybridized carbons (Fsp3) is 0.583. The van der Waals surface area contributed by atoms with Crippen molar-refractivity contribution in [2.75, 3.05) is 0 Å². The number of hydrogen-bond acceptors (Lipinski definition) is 0. The summed E-state index contributed by atoms with van der Waals surface area (Å²) in [6, 6.07) is 15.1. The first-order valence-corrected chi connectivity index (χ1v) is 40.5. The van der Waals surface area contributed by atoms with E-state index in [0.29, 0.717) is 0 Å². The normalized spacial score (nSPS) is 15.4. The van der Waals surface area contributed by atoms with Crippen molar-refractivity contribution in [1.82, 2.24) is 0 Å². The fourth-order valence-corrected chi connectivity index (χ4v) is 50.5. The molecule has 237 valence electrons. The maximum atomic E-state index is 2.88. The predicted molar refractivity (Wildman–Crippen MR) is 219 cm³/mol. The van der Waals surface area contributed by atoms with Crippen molar-refractivity contribution < 1.29 is 0 Å². The van der Waals surface area contributed by atoms with Crippen molar-refractivity contribution in [3.05, 3.63) is 74.7 Å². The van der Waals surface area contributed by atoms with Crippen LogP contribution in [0.1, 0.15) is 48.9 Å². The van der Waals surface area contributed by atoms with Crippen molar-refractivity contribution in [3.8, 4) is 0 Å². The zero-order chi connectivity index (χ0) is 33.1. The molecular weight excluding hydrogens is 674 g/mol. The second-order valence-corrected chi connectivity index (χ2v) is 56.0. The quantitative estimate of drug-likeness (QED) is 0.213. The molecule has 0 N–H and O–H groups in total. The third-order valence-electron chi connectivity index (χ3n) is 9.34. The van der Waals surface area contributed by atoms with Crippen LogP contribution in [-0.2, 0) is 0 Å². The molecule has 3 rings (SSSR count). The van der Waals surface area contributed by atoms with E-state index in [-0.39, 0.29) is 15.0 Å². The van der Waals surface area contributed by atoms with Crippen LogP contribution in [-0.4, -0.2) is 67.8 Å². The van der Waals surface area contributed by atoms with Gasteiger partial charge in [-0.1, -0.05) is 0 Å². The standard InChI is InChI=1S/C36H65GeSi6/c1-38(2,3)34(39(4,5)6)28-25-30(35(40(7,8)9)41(10,11)12)32(31(26-28)36(42(13,14)15)43(16,17)18)33-29-22-20-19-21-27(29)23-24-37-33/h19-26,34-36H,1-18H3. The van der Waals surface area contributed by atoms with Crippen LogP contribution >= 0.6 is 0 Å². The number of fused-ring (bicyclic) bond motifs is 1. The monoisotopic (exact) mass is 739 g/mol. The van der Waals surface area contributed by atoms with Gasteiger partial charge in [0, 0.05) is 0 Å². The van der Waals surface area contributed by atoms with Crippen molar-refractivity contribution in [2.24, 2.45) is 0 Å². The summed E-state index contributed by atoms with van der Waals surface area (Å²) < 4.78 is 1.75. The molecule has 0 bridgehead atoms. The Kier molecular flexibility index (Phi) is 10.9. The summed E-state index contributed by atoms with van der Waals surface area (Å²) in [6.45, 7) is 48.2. The molecular formula is C36H65GeSi6. The fourth-order valence-electron chi connectivity index (χ4n) is 9.75. The van der Waals surface area contributed by atoms with E-state index in [4.69, 9.17) is 0 Å². The first-order valence-electron chi connectivity index (χ1n) is 16.7. The Hall–Kier alpha value is -0.106. The van der Waals surface area contributed by atoms with E-state index in [0.717, 1.165) is 15.5 Å². The van der Waals surface area contributed by atoms with Crippen LogP contribution in [0.4, 0.5) is 0 Å². The molecule has 7 heteroatoms. The molecule has 0 fully saturated rings. The van der Waals surface area contributed by atoms with Crippen molar-refractivity contribution in [2.45, 2.75) is 133 Å². The van der Waals surface area contributed by atoms with E-state index in [9.17, 15) is 0 Å². The van der Waals surface area contributed by atoms with Gasteiger partial charge in [0.1, 0.15) is 0 Å². The average molecular weight is 739 g/mol. The Morgan fingerprint density at radius 1 is 0.488 bits per heavy atom. The van der Waals surface area contributed by atoms with Gasteiger partial charge in [-0.2, -0.15) is 0 Å². The molecule has 0 nitrogen and oxygen atoms in total. The van der Waals surface area contributed by atoms with Gasteiger partial charge in [0.2, 0.25) is 0 Å². The summed E-state index contributed by atoms with van der Waals surface area (Å²) >= 11 is -0.379.